The number of nitrogens with one attached hydrogen (secondary N) is 1. The highest BCUT2D eigenvalue weighted by Crippen LogP contribution is 2.26. The van der Waals surface area contributed by atoms with E-state index in [1.807, 2.05) is 25.9 Å². The SMILES string of the molecule is Cc1nc(Cl)sc1S(=O)(=O)NCC(C)N(C)C. The lowest BCUT2D eigenvalue weighted by molar-refractivity contribution is 0.314. The summed E-state index contributed by atoms with van der Waals surface area (Å²) in [6.07, 6.45) is 0. The summed E-state index contributed by atoms with van der Waals surface area (Å²) in [4.78, 5) is 5.83. The van der Waals surface area contributed by atoms with Gasteiger partial charge in [0.2, 0.25) is 0 Å². The molecule has 0 fully saturated rings. The van der Waals surface area contributed by atoms with Crippen molar-refractivity contribution < 1.29 is 8.42 Å². The zero-order valence-electron chi connectivity index (χ0n) is 10.2. The molecule has 0 amide bonds. The van der Waals surface area contributed by atoms with Crippen molar-refractivity contribution in [3.63, 3.8) is 0 Å². The van der Waals surface area contributed by atoms with E-state index < -0.39 is 10.0 Å². The largest absolute Gasteiger partial charge is 0.305 e. The molecule has 0 aliphatic heterocycles. The Morgan fingerprint density at radius 1 is 1.53 bits per heavy atom. The van der Waals surface area contributed by atoms with E-state index in [1.54, 1.807) is 6.92 Å². The topological polar surface area (TPSA) is 62.3 Å². The molecule has 8 heteroatoms. The summed E-state index contributed by atoms with van der Waals surface area (Å²) in [5.74, 6) is 0. The number of hydrogen-bond acceptors (Lipinski definition) is 5. The Bertz CT molecular complexity index is 484. The van der Waals surface area contributed by atoms with E-state index in [1.165, 1.54) is 0 Å². The molecule has 5 nitrogen and oxygen atoms in total. The first-order valence-electron chi connectivity index (χ1n) is 5.03. The second-order valence-electron chi connectivity index (χ2n) is 4.00. The van der Waals surface area contributed by atoms with Gasteiger partial charge < -0.3 is 4.90 Å². The number of aryl methyl sites for hydroxylation is 1. The van der Waals surface area contributed by atoms with Crippen molar-refractivity contribution in [3.8, 4) is 0 Å². The lowest BCUT2D eigenvalue weighted by Gasteiger charge is -2.19. The van der Waals surface area contributed by atoms with Crippen LogP contribution in [0.2, 0.25) is 4.47 Å². The molecule has 1 unspecified atom stereocenters. The van der Waals surface area contributed by atoms with E-state index in [9.17, 15) is 8.42 Å². The molecule has 1 heterocycles. The monoisotopic (exact) mass is 297 g/mol. The van der Waals surface area contributed by atoms with Crippen LogP contribution in [-0.4, -0.2) is 45.0 Å². The van der Waals surface area contributed by atoms with Crippen LogP contribution in [0.3, 0.4) is 0 Å². The van der Waals surface area contributed by atoms with Gasteiger partial charge in [-0.3, -0.25) is 0 Å². The van der Waals surface area contributed by atoms with Gasteiger partial charge in [-0.2, -0.15) is 0 Å². The van der Waals surface area contributed by atoms with Gasteiger partial charge in [0.1, 0.15) is 0 Å². The van der Waals surface area contributed by atoms with E-state index in [4.69, 9.17) is 11.6 Å². The second-order valence-corrected chi connectivity index (χ2v) is 7.55. The van der Waals surface area contributed by atoms with Gasteiger partial charge in [-0.05, 0) is 27.9 Å². The first-order chi connectivity index (χ1) is 7.74. The molecule has 1 aromatic rings. The summed E-state index contributed by atoms with van der Waals surface area (Å²) >= 11 is 6.66. The van der Waals surface area contributed by atoms with Crippen molar-refractivity contribution in [1.29, 1.82) is 0 Å². The molecule has 0 aliphatic rings. The maximum atomic E-state index is 12.0. The molecule has 0 bridgehead atoms. The Balaban J connectivity index is 2.80. The minimum Gasteiger partial charge on any atom is -0.305 e. The van der Waals surface area contributed by atoms with Crippen LogP contribution in [0.1, 0.15) is 12.6 Å². The van der Waals surface area contributed by atoms with Crippen molar-refractivity contribution in [2.45, 2.75) is 24.1 Å². The molecule has 0 saturated heterocycles. The number of halogens is 1. The molecule has 0 aromatic carbocycles. The van der Waals surface area contributed by atoms with Gasteiger partial charge in [0.15, 0.2) is 8.68 Å². The molecule has 0 spiro atoms. The molecular formula is C9H16ClN3O2S2. The molecule has 1 rings (SSSR count). The van der Waals surface area contributed by atoms with E-state index >= 15 is 0 Å². The maximum absolute atomic E-state index is 12.0. The minimum atomic E-state index is -3.50. The molecule has 0 saturated carbocycles. The fourth-order valence-electron chi connectivity index (χ4n) is 1.08. The number of nitrogens with zero attached hydrogens (tertiary/aromatic N) is 2. The molecule has 1 atom stereocenters. The van der Waals surface area contributed by atoms with Crippen LogP contribution in [0.25, 0.3) is 0 Å². The van der Waals surface area contributed by atoms with Gasteiger partial charge in [-0.1, -0.05) is 22.9 Å². The van der Waals surface area contributed by atoms with Gasteiger partial charge in [-0.15, -0.1) is 0 Å². The molecular weight excluding hydrogens is 282 g/mol. The van der Waals surface area contributed by atoms with Crippen molar-refractivity contribution >= 4 is 33.0 Å². The summed E-state index contributed by atoms with van der Waals surface area (Å²) in [5.41, 5.74) is 0.435. The van der Waals surface area contributed by atoms with Gasteiger partial charge in [0.05, 0.1) is 5.69 Å². The van der Waals surface area contributed by atoms with Crippen LogP contribution in [0.15, 0.2) is 4.21 Å². The number of thiazole rings is 1. The standard InChI is InChI=1S/C9H16ClN3O2S2/c1-6(13(3)4)5-11-17(14,15)8-7(2)12-9(10)16-8/h6,11H,5H2,1-4H3. The summed E-state index contributed by atoms with van der Waals surface area (Å²) < 4.78 is 26.9. The van der Waals surface area contributed by atoms with Crippen LogP contribution in [0, 0.1) is 6.92 Å². The number of aromatic nitrogens is 1. The molecule has 1 N–H and O–H groups in total. The molecule has 17 heavy (non-hydrogen) atoms. The third-order valence-electron chi connectivity index (χ3n) is 2.42. The van der Waals surface area contributed by atoms with Crippen LogP contribution < -0.4 is 4.72 Å². The highest BCUT2D eigenvalue weighted by Gasteiger charge is 2.22. The number of rotatable bonds is 5. The van der Waals surface area contributed by atoms with Crippen molar-refractivity contribution in [2.75, 3.05) is 20.6 Å². The predicted molar refractivity (Wildman–Crippen MR) is 70.2 cm³/mol. The normalized spacial score (nSPS) is 14.2. The minimum absolute atomic E-state index is 0.119. The first-order valence-corrected chi connectivity index (χ1v) is 7.71. The lowest BCUT2D eigenvalue weighted by atomic mass is 10.3. The maximum Gasteiger partial charge on any atom is 0.252 e. The number of likely N-dealkylation sites (N-methyl/N-ethyl adjacent to an activating group) is 1. The van der Waals surface area contributed by atoms with Crippen molar-refractivity contribution in [1.82, 2.24) is 14.6 Å². The van der Waals surface area contributed by atoms with Crippen LogP contribution in [-0.2, 0) is 10.0 Å². The smallest absolute Gasteiger partial charge is 0.252 e. The van der Waals surface area contributed by atoms with Gasteiger partial charge in [0.25, 0.3) is 10.0 Å². The third kappa shape index (κ3) is 3.89. The Kier molecular flexibility index (Phi) is 4.91. The average Bonchev–Trinajstić information content (AvgIpc) is 2.55. The number of sulfonamides is 1. The molecule has 1 aromatic heterocycles. The quantitative estimate of drug-likeness (QED) is 0.891. The van der Waals surface area contributed by atoms with Gasteiger partial charge in [-0.25, -0.2) is 18.1 Å². The Morgan fingerprint density at radius 2 is 2.12 bits per heavy atom. The predicted octanol–water partition coefficient (Wildman–Crippen LogP) is 1.33. The van der Waals surface area contributed by atoms with Crippen molar-refractivity contribution in [3.05, 3.63) is 10.2 Å². The highest BCUT2D eigenvalue weighted by atomic mass is 35.5. The molecule has 0 aliphatic carbocycles. The summed E-state index contributed by atoms with van der Waals surface area (Å²) in [6, 6.07) is 0.119. The summed E-state index contributed by atoms with van der Waals surface area (Å²) in [7, 11) is 0.289. The summed E-state index contributed by atoms with van der Waals surface area (Å²) in [6.45, 7) is 3.92. The molecule has 98 valence electrons. The van der Waals surface area contributed by atoms with Gasteiger partial charge >= 0.3 is 0 Å². The summed E-state index contributed by atoms with van der Waals surface area (Å²) in [5, 5.41) is 0. The van der Waals surface area contributed by atoms with Crippen LogP contribution >= 0.6 is 22.9 Å². The number of hydrogen-bond donors (Lipinski definition) is 1. The molecule has 0 radical (unpaired) electrons. The van der Waals surface area contributed by atoms with E-state index in [2.05, 4.69) is 9.71 Å². The third-order valence-corrected chi connectivity index (χ3v) is 5.72. The van der Waals surface area contributed by atoms with Crippen LogP contribution in [0.5, 0.6) is 0 Å². The van der Waals surface area contributed by atoms with E-state index in [-0.39, 0.29) is 14.7 Å². The lowest BCUT2D eigenvalue weighted by Crippen LogP contribution is -2.38. The Morgan fingerprint density at radius 3 is 2.53 bits per heavy atom. The van der Waals surface area contributed by atoms with E-state index in [0.29, 0.717) is 12.2 Å². The Labute approximate surface area is 111 Å². The zero-order valence-corrected chi connectivity index (χ0v) is 12.6. The Hall–Kier alpha value is -0.210. The van der Waals surface area contributed by atoms with Crippen LogP contribution in [0.4, 0.5) is 0 Å². The van der Waals surface area contributed by atoms with Gasteiger partial charge in [0, 0.05) is 12.6 Å². The fraction of sp³-hybridized carbons (Fsp3) is 0.667. The zero-order chi connectivity index (χ0) is 13.2. The van der Waals surface area contributed by atoms with Crippen molar-refractivity contribution in [2.24, 2.45) is 0 Å². The highest BCUT2D eigenvalue weighted by molar-refractivity contribution is 7.91. The average molecular weight is 298 g/mol. The van der Waals surface area contributed by atoms with E-state index in [0.717, 1.165) is 11.3 Å². The second kappa shape index (κ2) is 5.62. The fourth-order valence-corrected chi connectivity index (χ4v) is 3.98. The first kappa shape index (κ1) is 14.8.